The molecule has 1 aromatic carbocycles. The van der Waals surface area contributed by atoms with Crippen LogP contribution in [0.3, 0.4) is 0 Å². The first kappa shape index (κ1) is 13.4. The Morgan fingerprint density at radius 3 is 2.79 bits per heavy atom. The number of tetrazole rings is 1. The summed E-state index contributed by atoms with van der Waals surface area (Å²) in [6.07, 6.45) is 1.80. The van der Waals surface area contributed by atoms with Gasteiger partial charge in [-0.15, -0.1) is 11.7 Å². The standard InChI is InChI=1S/C13H17N5O/c1-2-8-17(9-10-19)11-13-14-15-16-18(13)12-6-4-3-5-7-12/h2-7,19H,1,8-11H2. The average Bonchev–Trinajstić information content (AvgIpc) is 2.88. The lowest BCUT2D eigenvalue weighted by molar-refractivity contribution is 0.199. The van der Waals surface area contributed by atoms with Gasteiger partial charge in [-0.05, 0) is 22.6 Å². The quantitative estimate of drug-likeness (QED) is 0.739. The predicted molar refractivity (Wildman–Crippen MR) is 71.7 cm³/mol. The molecule has 1 aromatic heterocycles. The summed E-state index contributed by atoms with van der Waals surface area (Å²) in [4.78, 5) is 2.03. The minimum Gasteiger partial charge on any atom is -0.395 e. The van der Waals surface area contributed by atoms with Crippen LogP contribution in [0.2, 0.25) is 0 Å². The highest BCUT2D eigenvalue weighted by atomic mass is 16.3. The monoisotopic (exact) mass is 259 g/mol. The molecule has 6 nitrogen and oxygen atoms in total. The van der Waals surface area contributed by atoms with Crippen LogP contribution in [0.25, 0.3) is 5.69 Å². The smallest absolute Gasteiger partial charge is 0.170 e. The van der Waals surface area contributed by atoms with Crippen molar-refractivity contribution < 1.29 is 5.11 Å². The van der Waals surface area contributed by atoms with Gasteiger partial charge in [0.2, 0.25) is 0 Å². The molecule has 0 radical (unpaired) electrons. The topological polar surface area (TPSA) is 67.1 Å². The summed E-state index contributed by atoms with van der Waals surface area (Å²) in [5.41, 5.74) is 0.921. The van der Waals surface area contributed by atoms with E-state index in [-0.39, 0.29) is 6.61 Å². The number of hydrogen-bond acceptors (Lipinski definition) is 5. The molecule has 0 amide bonds. The van der Waals surface area contributed by atoms with Crippen molar-refractivity contribution in [3.05, 3.63) is 48.8 Å². The van der Waals surface area contributed by atoms with Crippen LogP contribution in [0.5, 0.6) is 0 Å². The molecule has 19 heavy (non-hydrogen) atoms. The van der Waals surface area contributed by atoms with Crippen LogP contribution in [-0.4, -0.2) is 49.9 Å². The lowest BCUT2D eigenvalue weighted by Crippen LogP contribution is -2.28. The zero-order valence-electron chi connectivity index (χ0n) is 10.7. The number of nitrogens with zero attached hydrogens (tertiary/aromatic N) is 5. The fourth-order valence-electron chi connectivity index (χ4n) is 1.83. The first-order valence-corrected chi connectivity index (χ1v) is 6.12. The minimum atomic E-state index is 0.0980. The first-order valence-electron chi connectivity index (χ1n) is 6.12. The van der Waals surface area contributed by atoms with E-state index in [1.54, 1.807) is 10.8 Å². The number of aliphatic hydroxyl groups excluding tert-OH is 1. The molecule has 0 aliphatic carbocycles. The van der Waals surface area contributed by atoms with Crippen molar-refractivity contribution >= 4 is 0 Å². The third-order valence-corrected chi connectivity index (χ3v) is 2.70. The number of benzene rings is 1. The van der Waals surface area contributed by atoms with Gasteiger partial charge in [0.25, 0.3) is 0 Å². The lowest BCUT2D eigenvalue weighted by atomic mass is 10.3. The van der Waals surface area contributed by atoms with Crippen molar-refractivity contribution in [2.24, 2.45) is 0 Å². The van der Waals surface area contributed by atoms with Gasteiger partial charge >= 0.3 is 0 Å². The molecule has 2 rings (SSSR count). The fraction of sp³-hybridized carbons (Fsp3) is 0.308. The maximum atomic E-state index is 9.04. The van der Waals surface area contributed by atoms with Gasteiger partial charge in [0.05, 0.1) is 18.8 Å². The van der Waals surface area contributed by atoms with Gasteiger partial charge < -0.3 is 5.11 Å². The fourth-order valence-corrected chi connectivity index (χ4v) is 1.83. The maximum Gasteiger partial charge on any atom is 0.170 e. The molecule has 6 heteroatoms. The van der Waals surface area contributed by atoms with Crippen molar-refractivity contribution in [2.45, 2.75) is 6.54 Å². The second-order valence-electron chi connectivity index (χ2n) is 4.09. The Kier molecular flexibility index (Phi) is 4.77. The molecular formula is C13H17N5O. The lowest BCUT2D eigenvalue weighted by Gasteiger charge is -2.18. The molecule has 0 aliphatic heterocycles. The highest BCUT2D eigenvalue weighted by molar-refractivity contribution is 5.30. The molecule has 2 aromatic rings. The highest BCUT2D eigenvalue weighted by Gasteiger charge is 2.12. The van der Waals surface area contributed by atoms with E-state index < -0.39 is 0 Å². The molecule has 0 unspecified atom stereocenters. The molecular weight excluding hydrogens is 242 g/mol. The van der Waals surface area contributed by atoms with Crippen molar-refractivity contribution in [1.82, 2.24) is 25.1 Å². The van der Waals surface area contributed by atoms with Gasteiger partial charge in [-0.2, -0.15) is 4.68 Å². The summed E-state index contributed by atoms with van der Waals surface area (Å²) in [6.45, 7) is 5.62. The molecule has 0 saturated heterocycles. The number of hydrogen-bond donors (Lipinski definition) is 1. The Labute approximate surface area is 112 Å². The third kappa shape index (κ3) is 3.46. The van der Waals surface area contributed by atoms with E-state index >= 15 is 0 Å². The second kappa shape index (κ2) is 6.77. The minimum absolute atomic E-state index is 0.0980. The van der Waals surface area contributed by atoms with Crippen molar-refractivity contribution in [2.75, 3.05) is 19.7 Å². The Morgan fingerprint density at radius 2 is 2.11 bits per heavy atom. The summed E-state index contributed by atoms with van der Waals surface area (Å²) in [6, 6.07) is 9.73. The first-order chi connectivity index (χ1) is 9.35. The zero-order valence-corrected chi connectivity index (χ0v) is 10.7. The maximum absolute atomic E-state index is 9.04. The van der Waals surface area contributed by atoms with Crippen molar-refractivity contribution in [3.63, 3.8) is 0 Å². The second-order valence-corrected chi connectivity index (χ2v) is 4.09. The Hall–Kier alpha value is -2.05. The van der Waals surface area contributed by atoms with E-state index in [1.165, 1.54) is 0 Å². The number of para-hydroxylation sites is 1. The zero-order chi connectivity index (χ0) is 13.5. The molecule has 0 bridgehead atoms. The van der Waals surface area contributed by atoms with Crippen LogP contribution < -0.4 is 0 Å². The van der Waals surface area contributed by atoms with Crippen LogP contribution in [0.15, 0.2) is 43.0 Å². The molecule has 0 fully saturated rings. The highest BCUT2D eigenvalue weighted by Crippen LogP contribution is 2.08. The largest absolute Gasteiger partial charge is 0.395 e. The van der Waals surface area contributed by atoms with Crippen LogP contribution in [-0.2, 0) is 6.54 Å². The summed E-state index contributed by atoms with van der Waals surface area (Å²) in [7, 11) is 0. The molecule has 0 aliphatic rings. The molecule has 0 spiro atoms. The summed E-state index contributed by atoms with van der Waals surface area (Å²) >= 11 is 0. The van der Waals surface area contributed by atoms with Gasteiger partial charge in [-0.1, -0.05) is 24.3 Å². The van der Waals surface area contributed by atoms with Crippen molar-refractivity contribution in [3.8, 4) is 5.69 Å². The number of rotatable bonds is 7. The van der Waals surface area contributed by atoms with E-state index in [9.17, 15) is 0 Å². The Bertz CT molecular complexity index is 511. The van der Waals surface area contributed by atoms with Crippen LogP contribution in [0, 0.1) is 0 Å². The van der Waals surface area contributed by atoms with E-state index in [4.69, 9.17) is 5.11 Å². The Balaban J connectivity index is 2.17. The number of aliphatic hydroxyl groups is 1. The van der Waals surface area contributed by atoms with E-state index in [0.29, 0.717) is 19.6 Å². The van der Waals surface area contributed by atoms with Gasteiger partial charge in [0.15, 0.2) is 5.82 Å². The third-order valence-electron chi connectivity index (χ3n) is 2.70. The SMILES string of the molecule is C=CCN(CCO)Cc1nnnn1-c1ccccc1. The molecule has 1 heterocycles. The van der Waals surface area contributed by atoms with Gasteiger partial charge in [0, 0.05) is 13.1 Å². The molecule has 1 N–H and O–H groups in total. The molecule has 0 atom stereocenters. The van der Waals surface area contributed by atoms with Gasteiger partial charge in [-0.25, -0.2) is 0 Å². The average molecular weight is 259 g/mol. The summed E-state index contributed by atoms with van der Waals surface area (Å²) in [5.74, 6) is 0.738. The van der Waals surface area contributed by atoms with Crippen LogP contribution in [0.1, 0.15) is 5.82 Å². The summed E-state index contributed by atoms with van der Waals surface area (Å²) in [5, 5.41) is 20.8. The van der Waals surface area contributed by atoms with Gasteiger partial charge in [-0.3, -0.25) is 4.90 Å². The van der Waals surface area contributed by atoms with E-state index in [2.05, 4.69) is 22.1 Å². The van der Waals surface area contributed by atoms with Crippen LogP contribution >= 0.6 is 0 Å². The normalized spacial score (nSPS) is 10.8. The molecule has 0 saturated carbocycles. The van der Waals surface area contributed by atoms with Crippen LogP contribution in [0.4, 0.5) is 0 Å². The predicted octanol–water partition coefficient (Wildman–Crippen LogP) is 0.643. The molecule has 100 valence electrons. The summed E-state index contributed by atoms with van der Waals surface area (Å²) < 4.78 is 1.70. The van der Waals surface area contributed by atoms with E-state index in [0.717, 1.165) is 11.5 Å². The Morgan fingerprint density at radius 1 is 1.32 bits per heavy atom. The number of aromatic nitrogens is 4. The van der Waals surface area contributed by atoms with Gasteiger partial charge in [0.1, 0.15) is 0 Å². The van der Waals surface area contributed by atoms with Crippen molar-refractivity contribution in [1.29, 1.82) is 0 Å². The van der Waals surface area contributed by atoms with E-state index in [1.807, 2.05) is 35.2 Å².